The molecule has 98 valence electrons. The third kappa shape index (κ3) is 1.75. The summed E-state index contributed by atoms with van der Waals surface area (Å²) in [6.07, 6.45) is 0. The number of hydrogen-bond donors (Lipinski definition) is 2. The average Bonchev–Trinajstić information content (AvgIpc) is 3.01. The molecule has 0 radical (unpaired) electrons. The molecule has 0 bridgehead atoms. The zero-order chi connectivity index (χ0) is 13.6. The minimum Gasteiger partial charge on any atom is -0.506 e. The van der Waals surface area contributed by atoms with E-state index < -0.39 is 5.97 Å². The molecule has 8 heteroatoms. The molecule has 0 amide bonds. The van der Waals surface area contributed by atoms with Gasteiger partial charge in [-0.1, -0.05) is 16.8 Å². The summed E-state index contributed by atoms with van der Waals surface area (Å²) in [4.78, 5) is 10.7. The molecule has 0 aliphatic carbocycles. The molecule has 1 aliphatic rings. The molecule has 2 heterocycles. The van der Waals surface area contributed by atoms with Gasteiger partial charge in [0.15, 0.2) is 11.5 Å². The van der Waals surface area contributed by atoms with E-state index in [1.165, 1.54) is 12.1 Å². The number of hydrogen-bond acceptors (Lipinski definition) is 6. The summed E-state index contributed by atoms with van der Waals surface area (Å²) in [6, 6.07) is 2.63. The van der Waals surface area contributed by atoms with Gasteiger partial charge in [0, 0.05) is 6.07 Å². The largest absolute Gasteiger partial charge is 0.506 e. The molecule has 0 spiro atoms. The summed E-state index contributed by atoms with van der Waals surface area (Å²) >= 11 is 5.93. The first-order valence-electron chi connectivity index (χ1n) is 5.09. The number of phenols is 1. The highest BCUT2D eigenvalue weighted by Crippen LogP contribution is 2.48. The second-order valence-electron chi connectivity index (χ2n) is 3.70. The molecule has 2 N–H and O–H groups in total. The number of carboxylic acids is 1. The van der Waals surface area contributed by atoms with E-state index in [2.05, 4.69) is 9.68 Å². The summed E-state index contributed by atoms with van der Waals surface area (Å²) in [5, 5.41) is 22.3. The summed E-state index contributed by atoms with van der Waals surface area (Å²) in [6.45, 7) is -0.00284. The van der Waals surface area contributed by atoms with Crippen molar-refractivity contribution in [2.75, 3.05) is 6.79 Å². The van der Waals surface area contributed by atoms with Gasteiger partial charge in [0.1, 0.15) is 16.5 Å². The fraction of sp³-hybridized carbons (Fsp3) is 0.0909. The van der Waals surface area contributed by atoms with Crippen molar-refractivity contribution in [1.82, 2.24) is 5.16 Å². The van der Waals surface area contributed by atoms with Crippen LogP contribution in [0.5, 0.6) is 17.2 Å². The molecule has 0 fully saturated rings. The molecule has 2 aromatic rings. The highest BCUT2D eigenvalue weighted by molar-refractivity contribution is 6.34. The van der Waals surface area contributed by atoms with Crippen LogP contribution in [-0.2, 0) is 0 Å². The van der Waals surface area contributed by atoms with Crippen LogP contribution in [0.3, 0.4) is 0 Å². The zero-order valence-corrected chi connectivity index (χ0v) is 9.97. The Labute approximate surface area is 110 Å². The van der Waals surface area contributed by atoms with Gasteiger partial charge in [0.25, 0.3) is 0 Å². The van der Waals surface area contributed by atoms with Crippen molar-refractivity contribution in [3.63, 3.8) is 0 Å². The third-order valence-electron chi connectivity index (χ3n) is 2.58. The number of aromatic hydroxyl groups is 1. The third-order valence-corrected chi connectivity index (χ3v) is 2.93. The van der Waals surface area contributed by atoms with Crippen LogP contribution in [0.4, 0.5) is 0 Å². The molecule has 19 heavy (non-hydrogen) atoms. The van der Waals surface area contributed by atoms with Gasteiger partial charge >= 0.3 is 5.97 Å². The van der Waals surface area contributed by atoms with Crippen molar-refractivity contribution in [2.45, 2.75) is 0 Å². The molecule has 1 aromatic carbocycles. The molecular weight excluding hydrogens is 278 g/mol. The van der Waals surface area contributed by atoms with Gasteiger partial charge in [-0.3, -0.25) is 0 Å². The Bertz CT molecular complexity index is 680. The van der Waals surface area contributed by atoms with Gasteiger partial charge in [0.05, 0.1) is 5.56 Å². The Kier molecular flexibility index (Phi) is 2.49. The monoisotopic (exact) mass is 283 g/mol. The van der Waals surface area contributed by atoms with E-state index in [1.807, 2.05) is 0 Å². The number of nitrogens with zero attached hydrogens (tertiary/aromatic N) is 1. The summed E-state index contributed by atoms with van der Waals surface area (Å²) in [5.74, 6) is -1.30. The number of benzene rings is 1. The van der Waals surface area contributed by atoms with E-state index in [1.54, 1.807) is 0 Å². The molecule has 1 aromatic heterocycles. The Morgan fingerprint density at radius 2 is 2.16 bits per heavy atom. The lowest BCUT2D eigenvalue weighted by molar-refractivity contribution is 0.0652. The maximum Gasteiger partial charge on any atom is 0.374 e. The molecule has 3 rings (SSSR count). The molecular formula is C11H6ClNO6. The van der Waals surface area contributed by atoms with Gasteiger partial charge in [-0.05, 0) is 6.07 Å². The van der Waals surface area contributed by atoms with E-state index in [0.717, 1.165) is 0 Å². The van der Waals surface area contributed by atoms with Gasteiger partial charge in [0.2, 0.25) is 12.6 Å². The number of halogens is 1. The Morgan fingerprint density at radius 3 is 2.84 bits per heavy atom. The van der Waals surface area contributed by atoms with E-state index in [9.17, 15) is 9.90 Å². The van der Waals surface area contributed by atoms with Gasteiger partial charge in [-0.25, -0.2) is 4.79 Å². The lowest BCUT2D eigenvalue weighted by Gasteiger charge is -2.05. The van der Waals surface area contributed by atoms with Crippen LogP contribution in [0.2, 0.25) is 5.02 Å². The summed E-state index contributed by atoms with van der Waals surface area (Å²) in [5.41, 5.74) is 0.334. The van der Waals surface area contributed by atoms with Crippen molar-refractivity contribution in [2.24, 2.45) is 0 Å². The molecule has 0 saturated carbocycles. The number of ether oxygens (including phenoxy) is 2. The second kappa shape index (κ2) is 4.06. The highest BCUT2D eigenvalue weighted by Gasteiger charge is 2.25. The molecule has 0 unspecified atom stereocenters. The minimum atomic E-state index is -1.26. The van der Waals surface area contributed by atoms with E-state index in [-0.39, 0.29) is 40.3 Å². The number of phenolic OH excluding ortho intramolecular Hbond substituents is 1. The van der Waals surface area contributed by atoms with Gasteiger partial charge in [-0.2, -0.15) is 0 Å². The maximum absolute atomic E-state index is 10.7. The van der Waals surface area contributed by atoms with Crippen LogP contribution >= 0.6 is 11.6 Å². The van der Waals surface area contributed by atoms with Crippen molar-refractivity contribution in [1.29, 1.82) is 0 Å². The van der Waals surface area contributed by atoms with Crippen LogP contribution in [0.1, 0.15) is 10.6 Å². The van der Waals surface area contributed by atoms with E-state index in [4.69, 9.17) is 26.2 Å². The lowest BCUT2D eigenvalue weighted by atomic mass is 10.1. The van der Waals surface area contributed by atoms with Crippen LogP contribution in [0, 0.1) is 0 Å². The van der Waals surface area contributed by atoms with Crippen molar-refractivity contribution in [3.05, 3.63) is 22.9 Å². The van der Waals surface area contributed by atoms with Gasteiger partial charge < -0.3 is 24.2 Å². The van der Waals surface area contributed by atoms with Gasteiger partial charge in [-0.15, -0.1) is 0 Å². The first-order chi connectivity index (χ1) is 9.08. The minimum absolute atomic E-state index is 0.00284. The van der Waals surface area contributed by atoms with Crippen LogP contribution < -0.4 is 9.47 Å². The van der Waals surface area contributed by atoms with Crippen molar-refractivity contribution < 1.29 is 29.0 Å². The molecule has 0 atom stereocenters. The predicted molar refractivity (Wildman–Crippen MR) is 61.7 cm³/mol. The number of aromatic carboxylic acids is 1. The van der Waals surface area contributed by atoms with E-state index in [0.29, 0.717) is 5.75 Å². The Morgan fingerprint density at radius 1 is 1.37 bits per heavy atom. The molecule has 0 saturated heterocycles. The quantitative estimate of drug-likeness (QED) is 0.870. The SMILES string of the molecule is O=C(O)c1cc(-c2cc3c(c(Cl)c2O)OCO3)no1. The topological polar surface area (TPSA) is 102 Å². The summed E-state index contributed by atoms with van der Waals surface area (Å²) in [7, 11) is 0. The number of carboxylic acid groups (broad SMARTS) is 1. The normalized spacial score (nSPS) is 12.7. The fourth-order valence-electron chi connectivity index (χ4n) is 1.69. The van der Waals surface area contributed by atoms with Crippen LogP contribution in [0.25, 0.3) is 11.3 Å². The Balaban J connectivity index is 2.14. The van der Waals surface area contributed by atoms with Crippen molar-refractivity contribution in [3.8, 4) is 28.5 Å². The smallest absolute Gasteiger partial charge is 0.374 e. The van der Waals surface area contributed by atoms with Crippen LogP contribution in [0.15, 0.2) is 16.7 Å². The fourth-order valence-corrected chi connectivity index (χ4v) is 1.94. The number of carbonyl (C=O) groups is 1. The first-order valence-corrected chi connectivity index (χ1v) is 5.47. The zero-order valence-electron chi connectivity index (χ0n) is 9.21. The second-order valence-corrected chi connectivity index (χ2v) is 4.08. The van der Waals surface area contributed by atoms with Crippen molar-refractivity contribution >= 4 is 17.6 Å². The highest BCUT2D eigenvalue weighted by atomic mass is 35.5. The Hall–Kier alpha value is -2.41. The number of fused-ring (bicyclic) bond motifs is 1. The molecule has 7 nitrogen and oxygen atoms in total. The van der Waals surface area contributed by atoms with E-state index >= 15 is 0 Å². The molecule has 1 aliphatic heterocycles. The first kappa shape index (κ1) is 11.7. The number of rotatable bonds is 2. The average molecular weight is 284 g/mol. The standard InChI is InChI=1S/C11H6ClNO6/c12-8-9(14)4(1-6-10(8)18-3-17-6)5-2-7(11(15)16)19-13-5/h1-2,14H,3H2,(H,15,16). The maximum atomic E-state index is 10.7. The van der Waals surface area contributed by atoms with Crippen LogP contribution in [-0.4, -0.2) is 28.1 Å². The summed E-state index contributed by atoms with van der Waals surface area (Å²) < 4.78 is 14.9. The predicted octanol–water partition coefficient (Wildman–Crippen LogP) is 2.13. The lowest BCUT2D eigenvalue weighted by Crippen LogP contribution is -1.93. The number of aromatic nitrogens is 1.